The number of piperidine rings is 1. The van der Waals surface area contributed by atoms with Crippen LogP contribution in [0.5, 0.6) is 0 Å². The summed E-state index contributed by atoms with van der Waals surface area (Å²) >= 11 is 0. The zero-order chi connectivity index (χ0) is 12.1. The largest absolute Gasteiger partial charge is 0.303 e. The van der Waals surface area contributed by atoms with Gasteiger partial charge in [-0.1, -0.05) is 13.8 Å². The van der Waals surface area contributed by atoms with Gasteiger partial charge in [-0.25, -0.2) is 4.98 Å². The molecule has 1 saturated heterocycles. The maximum absolute atomic E-state index is 4.20. The third kappa shape index (κ3) is 4.11. The molecule has 1 fully saturated rings. The Morgan fingerprint density at radius 3 is 3.00 bits per heavy atom. The van der Waals surface area contributed by atoms with E-state index in [1.807, 2.05) is 11.0 Å². The highest BCUT2D eigenvalue weighted by Crippen LogP contribution is 2.18. The molecule has 0 aliphatic carbocycles. The molecule has 17 heavy (non-hydrogen) atoms. The number of hydrogen-bond donors (Lipinski definition) is 0. The molecule has 1 aromatic heterocycles. The van der Waals surface area contributed by atoms with Crippen LogP contribution in [0.4, 0.5) is 0 Å². The molecule has 0 spiro atoms. The Hall–Kier alpha value is -0.900. The standard InChI is InChI=1S/C13H24N4/c1-12(2)5-7-16-6-3-4-13(8-16)9-17-11-14-10-15-17/h10-13H,3-9H2,1-2H3. The molecule has 2 rings (SSSR count). The molecule has 96 valence electrons. The van der Waals surface area contributed by atoms with Crippen LogP contribution in [-0.4, -0.2) is 39.3 Å². The Morgan fingerprint density at radius 1 is 1.41 bits per heavy atom. The van der Waals surface area contributed by atoms with Crippen molar-refractivity contribution in [2.24, 2.45) is 11.8 Å². The molecule has 1 aromatic rings. The predicted octanol–water partition coefficient (Wildman–Crippen LogP) is 2.04. The second-order valence-electron chi connectivity index (χ2n) is 5.61. The summed E-state index contributed by atoms with van der Waals surface area (Å²) in [5.41, 5.74) is 0. The molecule has 0 amide bonds. The lowest BCUT2D eigenvalue weighted by molar-refractivity contribution is 0.153. The molecule has 0 saturated carbocycles. The highest BCUT2D eigenvalue weighted by Gasteiger charge is 2.20. The Morgan fingerprint density at radius 2 is 2.29 bits per heavy atom. The fraction of sp³-hybridized carbons (Fsp3) is 0.846. The van der Waals surface area contributed by atoms with Gasteiger partial charge < -0.3 is 4.90 Å². The number of nitrogens with zero attached hydrogens (tertiary/aromatic N) is 4. The molecule has 0 bridgehead atoms. The van der Waals surface area contributed by atoms with E-state index < -0.39 is 0 Å². The minimum Gasteiger partial charge on any atom is -0.303 e. The van der Waals surface area contributed by atoms with E-state index in [0.717, 1.165) is 18.4 Å². The maximum Gasteiger partial charge on any atom is 0.137 e. The highest BCUT2D eigenvalue weighted by atomic mass is 15.3. The molecular formula is C13H24N4. The SMILES string of the molecule is CC(C)CCN1CCCC(Cn2cncn2)C1. The summed E-state index contributed by atoms with van der Waals surface area (Å²) in [5, 5.41) is 4.20. The zero-order valence-electron chi connectivity index (χ0n) is 11.0. The van der Waals surface area contributed by atoms with Crippen LogP contribution in [0.2, 0.25) is 0 Å². The third-order valence-corrected chi connectivity index (χ3v) is 3.54. The van der Waals surface area contributed by atoms with E-state index in [1.54, 1.807) is 6.33 Å². The van der Waals surface area contributed by atoms with Crippen molar-refractivity contribution in [3.05, 3.63) is 12.7 Å². The lowest BCUT2D eigenvalue weighted by atomic mass is 9.97. The van der Waals surface area contributed by atoms with Crippen LogP contribution in [-0.2, 0) is 6.54 Å². The van der Waals surface area contributed by atoms with E-state index in [9.17, 15) is 0 Å². The molecule has 0 aromatic carbocycles. The Labute approximate surface area is 104 Å². The molecule has 4 heteroatoms. The monoisotopic (exact) mass is 236 g/mol. The Bertz CT molecular complexity index is 307. The van der Waals surface area contributed by atoms with Crippen molar-refractivity contribution in [1.29, 1.82) is 0 Å². The summed E-state index contributed by atoms with van der Waals surface area (Å²) in [6, 6.07) is 0. The van der Waals surface area contributed by atoms with E-state index in [-0.39, 0.29) is 0 Å². The van der Waals surface area contributed by atoms with E-state index >= 15 is 0 Å². The van der Waals surface area contributed by atoms with Gasteiger partial charge in [0.2, 0.25) is 0 Å². The molecule has 0 radical (unpaired) electrons. The lowest BCUT2D eigenvalue weighted by Crippen LogP contribution is -2.38. The van der Waals surface area contributed by atoms with Crippen LogP contribution >= 0.6 is 0 Å². The Balaban J connectivity index is 1.76. The fourth-order valence-electron chi connectivity index (χ4n) is 2.54. The predicted molar refractivity (Wildman–Crippen MR) is 68.6 cm³/mol. The summed E-state index contributed by atoms with van der Waals surface area (Å²) in [6.07, 6.45) is 7.43. The number of likely N-dealkylation sites (tertiary alicyclic amines) is 1. The van der Waals surface area contributed by atoms with Crippen molar-refractivity contribution in [2.45, 2.75) is 39.7 Å². The minimum absolute atomic E-state index is 0.748. The van der Waals surface area contributed by atoms with Crippen LogP contribution < -0.4 is 0 Å². The van der Waals surface area contributed by atoms with Gasteiger partial charge in [-0.05, 0) is 44.2 Å². The number of aromatic nitrogens is 3. The molecule has 4 nitrogen and oxygen atoms in total. The lowest BCUT2D eigenvalue weighted by Gasteiger charge is -2.33. The quantitative estimate of drug-likeness (QED) is 0.784. The van der Waals surface area contributed by atoms with Gasteiger partial charge in [-0.3, -0.25) is 4.68 Å². The summed E-state index contributed by atoms with van der Waals surface area (Å²) in [6.45, 7) is 9.39. The molecule has 2 heterocycles. The zero-order valence-corrected chi connectivity index (χ0v) is 11.0. The van der Waals surface area contributed by atoms with Crippen molar-refractivity contribution >= 4 is 0 Å². The van der Waals surface area contributed by atoms with Crippen molar-refractivity contribution in [3.63, 3.8) is 0 Å². The van der Waals surface area contributed by atoms with Gasteiger partial charge >= 0.3 is 0 Å². The first-order valence-corrected chi connectivity index (χ1v) is 6.79. The van der Waals surface area contributed by atoms with Gasteiger partial charge in [0.15, 0.2) is 0 Å². The van der Waals surface area contributed by atoms with E-state index in [2.05, 4.69) is 28.8 Å². The van der Waals surface area contributed by atoms with Crippen molar-refractivity contribution in [1.82, 2.24) is 19.7 Å². The van der Waals surface area contributed by atoms with Gasteiger partial charge in [0.25, 0.3) is 0 Å². The number of rotatable bonds is 5. The molecule has 1 aliphatic heterocycles. The highest BCUT2D eigenvalue weighted by molar-refractivity contribution is 4.74. The van der Waals surface area contributed by atoms with Crippen molar-refractivity contribution < 1.29 is 0 Å². The number of hydrogen-bond acceptors (Lipinski definition) is 3. The fourth-order valence-corrected chi connectivity index (χ4v) is 2.54. The normalized spacial score (nSPS) is 22.2. The van der Waals surface area contributed by atoms with Crippen molar-refractivity contribution in [2.75, 3.05) is 19.6 Å². The van der Waals surface area contributed by atoms with Gasteiger partial charge in [-0.15, -0.1) is 0 Å². The smallest absolute Gasteiger partial charge is 0.137 e. The molecule has 1 atom stereocenters. The summed E-state index contributed by atoms with van der Waals surface area (Å²) in [5.74, 6) is 1.56. The van der Waals surface area contributed by atoms with Crippen LogP contribution in [0.15, 0.2) is 12.7 Å². The Kier molecular flexibility index (Phi) is 4.54. The van der Waals surface area contributed by atoms with Gasteiger partial charge in [0.1, 0.15) is 12.7 Å². The summed E-state index contributed by atoms with van der Waals surface area (Å²) in [7, 11) is 0. The average molecular weight is 236 g/mol. The maximum atomic E-state index is 4.20. The second-order valence-corrected chi connectivity index (χ2v) is 5.61. The van der Waals surface area contributed by atoms with Gasteiger partial charge in [0, 0.05) is 13.1 Å². The first-order valence-electron chi connectivity index (χ1n) is 6.79. The first-order chi connectivity index (χ1) is 8.24. The molecular weight excluding hydrogens is 212 g/mol. The third-order valence-electron chi connectivity index (χ3n) is 3.54. The minimum atomic E-state index is 0.748. The van der Waals surface area contributed by atoms with Crippen LogP contribution in [0.3, 0.4) is 0 Å². The molecule has 0 N–H and O–H groups in total. The van der Waals surface area contributed by atoms with Crippen molar-refractivity contribution in [3.8, 4) is 0 Å². The van der Waals surface area contributed by atoms with Crippen LogP contribution in [0, 0.1) is 11.8 Å². The molecule has 1 unspecified atom stereocenters. The van der Waals surface area contributed by atoms with Gasteiger partial charge in [-0.2, -0.15) is 5.10 Å². The summed E-state index contributed by atoms with van der Waals surface area (Å²) < 4.78 is 1.97. The molecule has 1 aliphatic rings. The second kappa shape index (κ2) is 6.15. The van der Waals surface area contributed by atoms with Crippen LogP contribution in [0.1, 0.15) is 33.1 Å². The first kappa shape index (κ1) is 12.6. The van der Waals surface area contributed by atoms with Gasteiger partial charge in [0.05, 0.1) is 0 Å². The topological polar surface area (TPSA) is 34.0 Å². The summed E-state index contributed by atoms with van der Waals surface area (Å²) in [4.78, 5) is 6.62. The van der Waals surface area contributed by atoms with E-state index in [1.165, 1.54) is 38.9 Å². The van der Waals surface area contributed by atoms with E-state index in [4.69, 9.17) is 0 Å². The van der Waals surface area contributed by atoms with E-state index in [0.29, 0.717) is 0 Å². The average Bonchev–Trinajstić information content (AvgIpc) is 2.80. The van der Waals surface area contributed by atoms with Crippen LogP contribution in [0.25, 0.3) is 0 Å².